The molecule has 0 radical (unpaired) electrons. The van der Waals surface area contributed by atoms with E-state index in [1.165, 1.54) is 43.6 Å². The number of carbonyl (C=O) groups is 1. The summed E-state index contributed by atoms with van der Waals surface area (Å²) in [5, 5.41) is 4.57. The number of methoxy groups -OCH3 is 1. The molecule has 7 nitrogen and oxygen atoms in total. The van der Waals surface area contributed by atoms with Crippen LogP contribution in [0.5, 0.6) is 5.75 Å². The van der Waals surface area contributed by atoms with Gasteiger partial charge >= 0.3 is 0 Å². The molecule has 118 valence electrons. The van der Waals surface area contributed by atoms with Crippen LogP contribution < -0.4 is 14.8 Å². The fourth-order valence-electron chi connectivity index (χ4n) is 1.72. The van der Waals surface area contributed by atoms with Gasteiger partial charge in [0.15, 0.2) is 5.13 Å². The highest BCUT2D eigenvalue weighted by Gasteiger charge is 2.18. The molecule has 0 saturated carbocycles. The summed E-state index contributed by atoms with van der Waals surface area (Å²) < 4.78 is 32.2. The first kappa shape index (κ1) is 16.2. The van der Waals surface area contributed by atoms with Crippen molar-refractivity contribution in [1.82, 2.24) is 4.98 Å². The largest absolute Gasteiger partial charge is 0.495 e. The summed E-state index contributed by atoms with van der Waals surface area (Å²) in [7, 11) is -2.36. The highest BCUT2D eigenvalue weighted by molar-refractivity contribution is 7.93. The van der Waals surface area contributed by atoms with Crippen molar-refractivity contribution in [3.05, 3.63) is 29.3 Å². The minimum absolute atomic E-state index is 0.00454. The molecule has 2 N–H and O–H groups in total. The van der Waals surface area contributed by atoms with E-state index >= 15 is 0 Å². The van der Waals surface area contributed by atoms with E-state index in [2.05, 4.69) is 15.0 Å². The van der Waals surface area contributed by atoms with Gasteiger partial charge in [-0.25, -0.2) is 13.4 Å². The first-order chi connectivity index (χ1) is 10.3. The highest BCUT2D eigenvalue weighted by atomic mass is 32.2. The summed E-state index contributed by atoms with van der Waals surface area (Å²) in [5.41, 5.74) is 1.02. The first-order valence-electron chi connectivity index (χ1n) is 6.22. The smallest absolute Gasteiger partial charge is 0.263 e. The van der Waals surface area contributed by atoms with Gasteiger partial charge in [0, 0.05) is 12.3 Å². The molecule has 0 atom stereocenters. The van der Waals surface area contributed by atoms with Crippen LogP contribution in [0.3, 0.4) is 0 Å². The second kappa shape index (κ2) is 6.32. The Hall–Kier alpha value is -2.13. The van der Waals surface area contributed by atoms with E-state index in [1.807, 2.05) is 0 Å². The van der Waals surface area contributed by atoms with Crippen LogP contribution in [0.15, 0.2) is 28.5 Å². The third kappa shape index (κ3) is 3.74. The minimum Gasteiger partial charge on any atom is -0.495 e. The number of nitrogens with zero attached hydrogens (tertiary/aromatic N) is 1. The molecule has 0 aliphatic carbocycles. The Morgan fingerprint density at radius 3 is 2.64 bits per heavy atom. The average molecular weight is 341 g/mol. The Bertz CT molecular complexity index is 799. The number of hydrogen-bond acceptors (Lipinski definition) is 6. The van der Waals surface area contributed by atoms with Gasteiger partial charge in [-0.1, -0.05) is 0 Å². The molecule has 9 heteroatoms. The molecule has 2 aromatic rings. The van der Waals surface area contributed by atoms with E-state index in [4.69, 9.17) is 4.74 Å². The van der Waals surface area contributed by atoms with Gasteiger partial charge in [0.1, 0.15) is 5.75 Å². The molecule has 1 heterocycles. The average Bonchev–Trinajstić information content (AvgIpc) is 2.82. The summed E-state index contributed by atoms with van der Waals surface area (Å²) in [6, 6.07) is 4.21. The lowest BCUT2D eigenvalue weighted by molar-refractivity contribution is -0.114. The van der Waals surface area contributed by atoms with Gasteiger partial charge in [-0.2, -0.15) is 0 Å². The lowest BCUT2D eigenvalue weighted by atomic mass is 10.3. The van der Waals surface area contributed by atoms with Crippen molar-refractivity contribution < 1.29 is 17.9 Å². The van der Waals surface area contributed by atoms with Gasteiger partial charge in [-0.15, -0.1) is 11.3 Å². The number of thiazole rings is 1. The fraction of sp³-hybridized carbons (Fsp3) is 0.231. The van der Waals surface area contributed by atoms with Crippen LogP contribution in [0.25, 0.3) is 0 Å². The van der Waals surface area contributed by atoms with Crippen LogP contribution in [0.2, 0.25) is 0 Å². The SMILES string of the molecule is COc1ccc(S(=O)(=O)Nc2nc(C)cs2)cc1NC(C)=O. The number of carbonyl (C=O) groups excluding carboxylic acids is 1. The molecule has 22 heavy (non-hydrogen) atoms. The molecule has 0 aliphatic rings. The lowest BCUT2D eigenvalue weighted by Gasteiger charge is -2.11. The standard InChI is InChI=1S/C13H15N3O4S2/c1-8-7-21-13(14-8)16-22(18,19)10-4-5-12(20-3)11(6-10)15-9(2)17/h4-7H,1-3H3,(H,14,16)(H,15,17). The maximum atomic E-state index is 12.4. The van der Waals surface area contributed by atoms with Crippen molar-refractivity contribution in [2.45, 2.75) is 18.7 Å². The van der Waals surface area contributed by atoms with Crippen molar-refractivity contribution in [2.24, 2.45) is 0 Å². The molecular formula is C13H15N3O4S2. The van der Waals surface area contributed by atoms with E-state index in [9.17, 15) is 13.2 Å². The van der Waals surface area contributed by atoms with Crippen LogP contribution >= 0.6 is 11.3 Å². The summed E-state index contributed by atoms with van der Waals surface area (Å²) >= 11 is 1.20. The number of sulfonamides is 1. The van der Waals surface area contributed by atoms with Gasteiger partial charge in [0.25, 0.3) is 10.0 Å². The van der Waals surface area contributed by atoms with Crippen molar-refractivity contribution >= 4 is 38.1 Å². The van der Waals surface area contributed by atoms with Gasteiger partial charge in [-0.05, 0) is 25.1 Å². The monoisotopic (exact) mass is 341 g/mol. The van der Waals surface area contributed by atoms with E-state index in [0.717, 1.165) is 5.69 Å². The van der Waals surface area contributed by atoms with Crippen LogP contribution in [0.4, 0.5) is 10.8 Å². The first-order valence-corrected chi connectivity index (χ1v) is 8.58. The third-order valence-corrected chi connectivity index (χ3v) is 4.97. The summed E-state index contributed by atoms with van der Waals surface area (Å²) in [4.78, 5) is 15.3. The number of benzene rings is 1. The molecule has 0 saturated heterocycles. The molecule has 1 aromatic carbocycles. The Morgan fingerprint density at radius 2 is 2.09 bits per heavy atom. The minimum atomic E-state index is -3.79. The number of nitrogens with one attached hydrogen (secondary N) is 2. The van der Waals surface area contributed by atoms with E-state index in [-0.39, 0.29) is 21.6 Å². The zero-order valence-corrected chi connectivity index (χ0v) is 13.8. The predicted octanol–water partition coefficient (Wildman–Crippen LogP) is 2.22. The van der Waals surface area contributed by atoms with Crippen molar-refractivity contribution in [1.29, 1.82) is 0 Å². The lowest BCUT2D eigenvalue weighted by Crippen LogP contribution is -2.14. The van der Waals surface area contributed by atoms with Gasteiger partial charge < -0.3 is 10.1 Å². The van der Waals surface area contributed by atoms with Crippen molar-refractivity contribution in [2.75, 3.05) is 17.1 Å². The number of rotatable bonds is 5. The summed E-state index contributed by atoms with van der Waals surface area (Å²) in [5.74, 6) is 0.0515. The zero-order valence-electron chi connectivity index (χ0n) is 12.2. The molecule has 2 rings (SSSR count). The van der Waals surface area contributed by atoms with Crippen LogP contribution in [0, 0.1) is 6.92 Å². The molecule has 0 aliphatic heterocycles. The van der Waals surface area contributed by atoms with Gasteiger partial charge in [0.2, 0.25) is 5.91 Å². The number of hydrogen-bond donors (Lipinski definition) is 2. The van der Waals surface area contributed by atoms with E-state index in [0.29, 0.717) is 5.75 Å². The third-order valence-electron chi connectivity index (χ3n) is 2.63. The maximum Gasteiger partial charge on any atom is 0.263 e. The topological polar surface area (TPSA) is 97.4 Å². The highest BCUT2D eigenvalue weighted by Crippen LogP contribution is 2.28. The second-order valence-electron chi connectivity index (χ2n) is 4.44. The van der Waals surface area contributed by atoms with E-state index in [1.54, 1.807) is 12.3 Å². The molecule has 1 aromatic heterocycles. The number of aryl methyl sites for hydroxylation is 1. The number of aromatic nitrogens is 1. The van der Waals surface area contributed by atoms with Gasteiger partial charge in [-0.3, -0.25) is 9.52 Å². The summed E-state index contributed by atoms with van der Waals surface area (Å²) in [6.07, 6.45) is 0. The maximum absolute atomic E-state index is 12.4. The zero-order chi connectivity index (χ0) is 16.3. The Labute approximate surface area is 132 Å². The number of amides is 1. The molecule has 0 fully saturated rings. The molecule has 0 spiro atoms. The Balaban J connectivity index is 2.36. The summed E-state index contributed by atoms with van der Waals surface area (Å²) in [6.45, 7) is 3.10. The molecular weight excluding hydrogens is 326 g/mol. The van der Waals surface area contributed by atoms with Crippen LogP contribution in [-0.2, 0) is 14.8 Å². The Morgan fingerprint density at radius 1 is 1.36 bits per heavy atom. The van der Waals surface area contributed by atoms with Crippen LogP contribution in [0.1, 0.15) is 12.6 Å². The molecule has 0 bridgehead atoms. The number of ether oxygens (including phenoxy) is 1. The molecule has 1 amide bonds. The number of anilines is 2. The quantitative estimate of drug-likeness (QED) is 0.869. The van der Waals surface area contributed by atoms with Crippen LogP contribution in [-0.4, -0.2) is 26.4 Å². The Kier molecular flexibility index (Phi) is 4.67. The van der Waals surface area contributed by atoms with E-state index < -0.39 is 10.0 Å². The predicted molar refractivity (Wildman–Crippen MR) is 85.0 cm³/mol. The molecule has 0 unspecified atom stereocenters. The fourth-order valence-corrected chi connectivity index (χ4v) is 3.68. The van der Waals surface area contributed by atoms with Crippen molar-refractivity contribution in [3.63, 3.8) is 0 Å². The second-order valence-corrected chi connectivity index (χ2v) is 6.98. The van der Waals surface area contributed by atoms with Gasteiger partial charge in [0.05, 0.1) is 23.4 Å². The normalized spacial score (nSPS) is 11.0. The van der Waals surface area contributed by atoms with Crippen molar-refractivity contribution in [3.8, 4) is 5.75 Å².